The summed E-state index contributed by atoms with van der Waals surface area (Å²) in [5.41, 5.74) is -0.156. The molecule has 0 bridgehead atoms. The zero-order valence-electron chi connectivity index (χ0n) is 13.0. The molecule has 2 nitrogen and oxygen atoms in total. The van der Waals surface area contributed by atoms with Gasteiger partial charge < -0.3 is 4.90 Å². The topological polar surface area (TPSA) is 20.3 Å². The molecule has 0 amide bonds. The number of hydrogen-bond donors (Lipinski definition) is 0. The van der Waals surface area contributed by atoms with Gasteiger partial charge in [-0.25, -0.2) is 0 Å². The van der Waals surface area contributed by atoms with E-state index in [-0.39, 0.29) is 5.41 Å². The molecule has 0 aromatic carbocycles. The molecule has 0 aliphatic carbocycles. The SMILES string of the molecule is CCCCCCC(C)(CC)C(=O)/C=C/CN(C)C. The Morgan fingerprint density at radius 3 is 2.33 bits per heavy atom. The number of unbranched alkanes of at least 4 members (excludes halogenated alkanes) is 3. The van der Waals surface area contributed by atoms with E-state index in [9.17, 15) is 4.79 Å². The zero-order valence-corrected chi connectivity index (χ0v) is 13.0. The van der Waals surface area contributed by atoms with Gasteiger partial charge in [0.15, 0.2) is 5.78 Å². The van der Waals surface area contributed by atoms with Gasteiger partial charge in [0.1, 0.15) is 0 Å². The van der Waals surface area contributed by atoms with Crippen molar-refractivity contribution in [3.63, 3.8) is 0 Å². The summed E-state index contributed by atoms with van der Waals surface area (Å²) in [4.78, 5) is 14.3. The number of nitrogens with zero attached hydrogens (tertiary/aromatic N) is 1. The molecule has 0 saturated carbocycles. The summed E-state index contributed by atoms with van der Waals surface area (Å²) in [5.74, 6) is 0.295. The fourth-order valence-corrected chi connectivity index (χ4v) is 1.99. The Balaban J connectivity index is 4.25. The van der Waals surface area contributed by atoms with E-state index in [2.05, 4.69) is 25.7 Å². The number of carbonyl (C=O) groups is 1. The summed E-state index contributed by atoms with van der Waals surface area (Å²) >= 11 is 0. The molecule has 0 aliphatic rings. The number of carbonyl (C=O) groups excluding carboxylic acids is 1. The molecule has 106 valence electrons. The Hall–Kier alpha value is -0.630. The average molecular weight is 253 g/mol. The average Bonchev–Trinajstić information content (AvgIpc) is 2.33. The van der Waals surface area contributed by atoms with Crippen molar-refractivity contribution < 1.29 is 4.79 Å². The third kappa shape index (κ3) is 6.95. The molecule has 0 aromatic heterocycles. The molecule has 0 radical (unpaired) electrons. The first-order chi connectivity index (χ1) is 8.46. The highest BCUT2D eigenvalue weighted by Gasteiger charge is 2.28. The van der Waals surface area contributed by atoms with E-state index in [1.807, 2.05) is 20.2 Å². The first kappa shape index (κ1) is 17.4. The molecule has 1 atom stereocenters. The van der Waals surface area contributed by atoms with E-state index in [0.29, 0.717) is 5.78 Å². The third-order valence-electron chi connectivity index (χ3n) is 3.70. The molecular formula is C16H31NO. The number of likely N-dealkylation sites (N-methyl/N-ethyl adjacent to an activating group) is 1. The Kier molecular flexibility index (Phi) is 8.99. The molecule has 0 spiro atoms. The molecule has 0 rings (SSSR count). The van der Waals surface area contributed by atoms with E-state index in [1.54, 1.807) is 6.08 Å². The maximum Gasteiger partial charge on any atom is 0.161 e. The molecule has 0 aromatic rings. The molecule has 2 heteroatoms. The fraction of sp³-hybridized carbons (Fsp3) is 0.812. The van der Waals surface area contributed by atoms with Gasteiger partial charge in [-0.3, -0.25) is 4.79 Å². The van der Waals surface area contributed by atoms with Crippen molar-refractivity contribution >= 4 is 5.78 Å². The first-order valence-electron chi connectivity index (χ1n) is 7.32. The highest BCUT2D eigenvalue weighted by atomic mass is 16.1. The standard InChI is InChI=1S/C16H31NO/c1-6-8-9-10-13-16(3,7-2)15(18)12-11-14-17(4)5/h11-12H,6-10,13-14H2,1-5H3/b12-11+. The van der Waals surface area contributed by atoms with Crippen LogP contribution in [0.25, 0.3) is 0 Å². The van der Waals surface area contributed by atoms with Gasteiger partial charge in [-0.2, -0.15) is 0 Å². The Morgan fingerprint density at radius 2 is 1.83 bits per heavy atom. The van der Waals surface area contributed by atoms with Crippen molar-refractivity contribution in [3.05, 3.63) is 12.2 Å². The summed E-state index contributed by atoms with van der Waals surface area (Å²) in [7, 11) is 4.02. The maximum atomic E-state index is 12.2. The van der Waals surface area contributed by atoms with Gasteiger partial charge in [0, 0.05) is 12.0 Å². The largest absolute Gasteiger partial charge is 0.306 e. The van der Waals surface area contributed by atoms with Crippen LogP contribution in [0.3, 0.4) is 0 Å². The van der Waals surface area contributed by atoms with E-state index < -0.39 is 0 Å². The minimum absolute atomic E-state index is 0.156. The molecule has 0 saturated heterocycles. The minimum atomic E-state index is -0.156. The third-order valence-corrected chi connectivity index (χ3v) is 3.70. The highest BCUT2D eigenvalue weighted by molar-refractivity contribution is 5.94. The lowest BCUT2D eigenvalue weighted by Gasteiger charge is -2.25. The van der Waals surface area contributed by atoms with Crippen LogP contribution in [0.1, 0.15) is 59.3 Å². The lowest BCUT2D eigenvalue weighted by molar-refractivity contribution is -0.123. The van der Waals surface area contributed by atoms with Gasteiger partial charge in [0.25, 0.3) is 0 Å². The minimum Gasteiger partial charge on any atom is -0.306 e. The number of rotatable bonds is 10. The van der Waals surface area contributed by atoms with E-state index in [4.69, 9.17) is 0 Å². The smallest absolute Gasteiger partial charge is 0.161 e. The normalized spacial score (nSPS) is 15.2. The molecule has 0 fully saturated rings. The van der Waals surface area contributed by atoms with Crippen LogP contribution in [0.5, 0.6) is 0 Å². The van der Waals surface area contributed by atoms with Crippen LogP contribution in [0.4, 0.5) is 0 Å². The van der Waals surface area contributed by atoms with Gasteiger partial charge in [0.05, 0.1) is 0 Å². The number of ketones is 1. The first-order valence-corrected chi connectivity index (χ1v) is 7.32. The summed E-state index contributed by atoms with van der Waals surface area (Å²) in [6.07, 6.45) is 10.7. The predicted octanol–water partition coefficient (Wildman–Crippen LogP) is 4.06. The maximum absolute atomic E-state index is 12.2. The van der Waals surface area contributed by atoms with Crippen LogP contribution in [0.15, 0.2) is 12.2 Å². The molecular weight excluding hydrogens is 222 g/mol. The molecule has 0 heterocycles. The van der Waals surface area contributed by atoms with Crippen LogP contribution >= 0.6 is 0 Å². The summed E-state index contributed by atoms with van der Waals surface area (Å²) in [6, 6.07) is 0. The lowest BCUT2D eigenvalue weighted by Crippen LogP contribution is -2.25. The summed E-state index contributed by atoms with van der Waals surface area (Å²) < 4.78 is 0. The summed E-state index contributed by atoms with van der Waals surface area (Å²) in [6.45, 7) is 7.29. The Labute approximate surface area is 113 Å². The molecule has 18 heavy (non-hydrogen) atoms. The second-order valence-corrected chi connectivity index (χ2v) is 5.75. The monoisotopic (exact) mass is 253 g/mol. The second-order valence-electron chi connectivity index (χ2n) is 5.75. The number of allylic oxidation sites excluding steroid dienone is 1. The van der Waals surface area contributed by atoms with Crippen molar-refractivity contribution in [2.45, 2.75) is 59.3 Å². The molecule has 0 aliphatic heterocycles. The van der Waals surface area contributed by atoms with Gasteiger partial charge in [0.2, 0.25) is 0 Å². The van der Waals surface area contributed by atoms with Gasteiger partial charge >= 0.3 is 0 Å². The highest BCUT2D eigenvalue weighted by Crippen LogP contribution is 2.30. The van der Waals surface area contributed by atoms with Crippen LogP contribution in [0, 0.1) is 5.41 Å². The van der Waals surface area contributed by atoms with Crippen LogP contribution in [-0.4, -0.2) is 31.3 Å². The van der Waals surface area contributed by atoms with Crippen molar-refractivity contribution in [1.82, 2.24) is 4.90 Å². The van der Waals surface area contributed by atoms with Gasteiger partial charge in [-0.05, 0) is 33.0 Å². The van der Waals surface area contributed by atoms with E-state index in [0.717, 1.165) is 19.4 Å². The van der Waals surface area contributed by atoms with Crippen LogP contribution < -0.4 is 0 Å². The fourth-order valence-electron chi connectivity index (χ4n) is 1.99. The number of hydrogen-bond acceptors (Lipinski definition) is 2. The second kappa shape index (κ2) is 9.32. The summed E-state index contributed by atoms with van der Waals surface area (Å²) in [5, 5.41) is 0. The molecule has 1 unspecified atom stereocenters. The Bertz CT molecular complexity index is 258. The van der Waals surface area contributed by atoms with E-state index in [1.165, 1.54) is 25.7 Å². The predicted molar refractivity (Wildman–Crippen MR) is 79.9 cm³/mol. The molecule has 0 N–H and O–H groups in total. The Morgan fingerprint density at radius 1 is 1.17 bits per heavy atom. The van der Waals surface area contributed by atoms with Crippen molar-refractivity contribution in [3.8, 4) is 0 Å². The van der Waals surface area contributed by atoms with Gasteiger partial charge in [-0.15, -0.1) is 0 Å². The van der Waals surface area contributed by atoms with E-state index >= 15 is 0 Å². The zero-order chi connectivity index (χ0) is 14.0. The van der Waals surface area contributed by atoms with Crippen molar-refractivity contribution in [2.75, 3.05) is 20.6 Å². The van der Waals surface area contributed by atoms with Crippen molar-refractivity contribution in [2.24, 2.45) is 5.41 Å². The van der Waals surface area contributed by atoms with Crippen LogP contribution in [-0.2, 0) is 4.79 Å². The van der Waals surface area contributed by atoms with Gasteiger partial charge in [-0.1, -0.05) is 52.5 Å². The van der Waals surface area contributed by atoms with Crippen molar-refractivity contribution in [1.29, 1.82) is 0 Å². The quantitative estimate of drug-likeness (QED) is 0.432. The van der Waals surface area contributed by atoms with Crippen LogP contribution in [0.2, 0.25) is 0 Å². The lowest BCUT2D eigenvalue weighted by atomic mass is 9.78.